The number of aromatic hydroxyl groups is 1. The van der Waals surface area contributed by atoms with Crippen LogP contribution in [0.15, 0.2) is 18.2 Å². The van der Waals surface area contributed by atoms with Crippen LogP contribution in [-0.4, -0.2) is 83.5 Å². The van der Waals surface area contributed by atoms with Crippen molar-refractivity contribution in [2.45, 2.75) is 63.6 Å². The van der Waals surface area contributed by atoms with Gasteiger partial charge in [-0.05, 0) is 63.8 Å². The van der Waals surface area contributed by atoms with E-state index in [1.807, 2.05) is 37.9 Å². The number of phenolic OH excluding ortho intramolecular Hbond substituents is 1. The van der Waals surface area contributed by atoms with Crippen LogP contribution in [0.3, 0.4) is 0 Å². The Balaban J connectivity index is 1.50. The van der Waals surface area contributed by atoms with Crippen molar-refractivity contribution in [1.29, 1.82) is 0 Å². The average molecular weight is 443 g/mol. The summed E-state index contributed by atoms with van der Waals surface area (Å²) in [4.78, 5) is 31.0. The third-order valence-electron chi connectivity index (χ3n) is 7.95. The van der Waals surface area contributed by atoms with Crippen LogP contribution >= 0.6 is 0 Å². The first kappa shape index (κ1) is 23.2. The summed E-state index contributed by atoms with van der Waals surface area (Å²) in [6, 6.07) is 5.65. The molecule has 32 heavy (non-hydrogen) atoms. The van der Waals surface area contributed by atoms with Crippen LogP contribution in [-0.2, 0) is 22.4 Å². The Bertz CT molecular complexity index is 880. The van der Waals surface area contributed by atoms with Gasteiger partial charge in [0.25, 0.3) is 0 Å². The molecule has 0 radical (unpaired) electrons. The number of piperazine rings is 1. The van der Waals surface area contributed by atoms with Gasteiger partial charge in [-0.3, -0.25) is 14.5 Å². The molecule has 7 nitrogen and oxygen atoms in total. The fourth-order valence-electron chi connectivity index (χ4n) is 6.07. The molecule has 7 heteroatoms. The molecule has 3 N–H and O–H groups in total. The molecule has 2 fully saturated rings. The zero-order valence-electron chi connectivity index (χ0n) is 19.9. The highest BCUT2D eigenvalue weighted by Gasteiger charge is 2.49. The molecule has 3 atom stereocenters. The number of phenols is 1. The van der Waals surface area contributed by atoms with E-state index in [1.165, 1.54) is 0 Å². The molecule has 3 unspecified atom stereocenters. The highest BCUT2D eigenvalue weighted by atomic mass is 16.3. The SMILES string of the molecule is CN(C(=O)C(C)(C)N1CCNCC1(C)CC(=O)C1CCNC1)C1Cc2cccc(O)c2C1. The molecule has 2 saturated heterocycles. The molecule has 1 aromatic rings. The van der Waals surface area contributed by atoms with Crippen molar-refractivity contribution >= 4 is 11.7 Å². The Kier molecular flexibility index (Phi) is 6.36. The van der Waals surface area contributed by atoms with E-state index in [1.54, 1.807) is 6.07 Å². The summed E-state index contributed by atoms with van der Waals surface area (Å²) in [6.45, 7) is 10.0. The van der Waals surface area contributed by atoms with Gasteiger partial charge in [-0.2, -0.15) is 0 Å². The van der Waals surface area contributed by atoms with Gasteiger partial charge in [-0.15, -0.1) is 0 Å². The van der Waals surface area contributed by atoms with Gasteiger partial charge in [0, 0.05) is 57.1 Å². The Morgan fingerprint density at radius 1 is 1.25 bits per heavy atom. The van der Waals surface area contributed by atoms with E-state index < -0.39 is 11.1 Å². The summed E-state index contributed by atoms with van der Waals surface area (Å²) in [6.07, 6.45) is 2.79. The standard InChI is InChI=1S/C25H38N4O3/c1-24(2,23(32)28(4)19-12-17-6-5-7-21(30)20(17)13-19)29-11-10-27-16-25(29,3)14-22(31)18-8-9-26-15-18/h5-7,18-19,26-27,30H,8-16H2,1-4H3. The second kappa shape index (κ2) is 8.76. The van der Waals surface area contributed by atoms with Gasteiger partial charge in [0.1, 0.15) is 11.5 Å². The Hall–Kier alpha value is -1.96. The third kappa shape index (κ3) is 4.18. The third-order valence-corrected chi connectivity index (χ3v) is 7.95. The Morgan fingerprint density at radius 2 is 2.03 bits per heavy atom. The number of amides is 1. The predicted octanol–water partition coefficient (Wildman–Crippen LogP) is 1.33. The fourth-order valence-corrected chi connectivity index (χ4v) is 6.07. The van der Waals surface area contributed by atoms with Gasteiger partial charge in [0.05, 0.1) is 5.54 Å². The second-order valence-electron chi connectivity index (χ2n) is 10.6. The van der Waals surface area contributed by atoms with E-state index in [9.17, 15) is 14.7 Å². The first-order valence-corrected chi connectivity index (χ1v) is 11.9. The van der Waals surface area contributed by atoms with Crippen LogP contribution in [0, 0.1) is 5.92 Å². The summed E-state index contributed by atoms with van der Waals surface area (Å²) in [7, 11) is 1.88. The summed E-state index contributed by atoms with van der Waals surface area (Å²) in [5, 5.41) is 17.0. The van der Waals surface area contributed by atoms with E-state index in [0.717, 1.165) is 50.1 Å². The number of ketones is 1. The number of hydrogen-bond acceptors (Lipinski definition) is 6. The summed E-state index contributed by atoms with van der Waals surface area (Å²) in [5.41, 5.74) is 0.929. The maximum absolute atomic E-state index is 13.8. The number of carbonyl (C=O) groups is 2. The topological polar surface area (TPSA) is 84.9 Å². The van der Waals surface area contributed by atoms with Crippen LogP contribution in [0.25, 0.3) is 0 Å². The van der Waals surface area contributed by atoms with Gasteiger partial charge in [-0.25, -0.2) is 0 Å². The van der Waals surface area contributed by atoms with E-state index in [-0.39, 0.29) is 17.9 Å². The minimum atomic E-state index is -0.739. The summed E-state index contributed by atoms with van der Waals surface area (Å²) in [5.74, 6) is 0.767. The van der Waals surface area contributed by atoms with Gasteiger partial charge >= 0.3 is 0 Å². The van der Waals surface area contributed by atoms with E-state index in [2.05, 4.69) is 22.5 Å². The largest absolute Gasteiger partial charge is 0.508 e. The zero-order chi connectivity index (χ0) is 23.1. The Labute approximate surface area is 191 Å². The number of nitrogens with one attached hydrogen (secondary N) is 2. The molecule has 176 valence electrons. The normalized spacial score (nSPS) is 28.5. The highest BCUT2D eigenvalue weighted by molar-refractivity contribution is 5.87. The number of rotatable bonds is 6. The molecule has 1 aliphatic carbocycles. The molecule has 0 saturated carbocycles. The van der Waals surface area contributed by atoms with Crippen molar-refractivity contribution < 1.29 is 14.7 Å². The van der Waals surface area contributed by atoms with Gasteiger partial charge < -0.3 is 20.6 Å². The average Bonchev–Trinajstić information content (AvgIpc) is 3.43. The zero-order valence-corrected chi connectivity index (χ0v) is 19.9. The lowest BCUT2D eigenvalue weighted by molar-refractivity contribution is -0.151. The molecule has 2 heterocycles. The lowest BCUT2D eigenvalue weighted by Crippen LogP contribution is -2.70. The summed E-state index contributed by atoms with van der Waals surface area (Å²) >= 11 is 0. The highest BCUT2D eigenvalue weighted by Crippen LogP contribution is 2.35. The number of Topliss-reactive ketones (excluding diaryl/α,β-unsaturated/α-hetero) is 1. The fraction of sp³-hybridized carbons (Fsp3) is 0.680. The first-order chi connectivity index (χ1) is 15.1. The number of hydrogen-bond donors (Lipinski definition) is 3. The molecule has 0 aromatic heterocycles. The molecule has 2 aliphatic heterocycles. The number of benzene rings is 1. The Morgan fingerprint density at radius 3 is 2.72 bits per heavy atom. The minimum absolute atomic E-state index is 0.0328. The smallest absolute Gasteiger partial charge is 0.242 e. The molecular formula is C25H38N4O3. The van der Waals surface area contributed by atoms with E-state index in [0.29, 0.717) is 30.9 Å². The predicted molar refractivity (Wildman–Crippen MR) is 125 cm³/mol. The molecular weight excluding hydrogens is 404 g/mol. The molecule has 4 rings (SSSR count). The van der Waals surface area contributed by atoms with Crippen LogP contribution in [0.1, 0.15) is 44.7 Å². The van der Waals surface area contributed by atoms with Crippen molar-refractivity contribution in [3.63, 3.8) is 0 Å². The second-order valence-corrected chi connectivity index (χ2v) is 10.6. The molecule has 0 bridgehead atoms. The number of likely N-dealkylation sites (N-methyl/N-ethyl adjacent to an activating group) is 1. The molecule has 1 amide bonds. The van der Waals surface area contributed by atoms with Crippen LogP contribution in [0.4, 0.5) is 0 Å². The van der Waals surface area contributed by atoms with Crippen molar-refractivity contribution in [3.8, 4) is 5.75 Å². The van der Waals surface area contributed by atoms with Gasteiger partial charge in [0.15, 0.2) is 0 Å². The van der Waals surface area contributed by atoms with Crippen LogP contribution in [0.2, 0.25) is 0 Å². The van der Waals surface area contributed by atoms with Crippen molar-refractivity contribution in [3.05, 3.63) is 29.3 Å². The molecule has 1 aromatic carbocycles. The maximum Gasteiger partial charge on any atom is 0.242 e. The van der Waals surface area contributed by atoms with Crippen LogP contribution in [0.5, 0.6) is 5.75 Å². The lowest BCUT2D eigenvalue weighted by Gasteiger charge is -2.53. The molecule has 0 spiro atoms. The number of carbonyl (C=O) groups excluding carboxylic acids is 2. The van der Waals surface area contributed by atoms with E-state index >= 15 is 0 Å². The quantitative estimate of drug-likeness (QED) is 0.616. The lowest BCUT2D eigenvalue weighted by atomic mass is 9.82. The van der Waals surface area contributed by atoms with Crippen LogP contribution < -0.4 is 10.6 Å². The maximum atomic E-state index is 13.8. The molecule has 3 aliphatic rings. The number of fused-ring (bicyclic) bond motifs is 1. The monoisotopic (exact) mass is 442 g/mol. The van der Waals surface area contributed by atoms with Crippen molar-refractivity contribution in [2.75, 3.05) is 39.8 Å². The van der Waals surface area contributed by atoms with E-state index in [4.69, 9.17) is 0 Å². The summed E-state index contributed by atoms with van der Waals surface area (Å²) < 4.78 is 0. The van der Waals surface area contributed by atoms with Crippen molar-refractivity contribution in [2.24, 2.45) is 5.92 Å². The van der Waals surface area contributed by atoms with Crippen molar-refractivity contribution in [1.82, 2.24) is 20.4 Å². The van der Waals surface area contributed by atoms with Gasteiger partial charge in [0.2, 0.25) is 5.91 Å². The van der Waals surface area contributed by atoms with Gasteiger partial charge in [-0.1, -0.05) is 12.1 Å². The number of nitrogens with zero attached hydrogens (tertiary/aromatic N) is 2. The minimum Gasteiger partial charge on any atom is -0.508 e. The first-order valence-electron chi connectivity index (χ1n) is 11.9.